The molecular formula is C29H36N2O10. The predicted octanol–water partition coefficient (Wildman–Crippen LogP) is 2.23. The third-order valence-corrected chi connectivity index (χ3v) is 6.69. The van der Waals surface area contributed by atoms with Crippen molar-refractivity contribution in [2.45, 2.75) is 37.6 Å². The van der Waals surface area contributed by atoms with Crippen molar-refractivity contribution in [2.24, 2.45) is 0 Å². The van der Waals surface area contributed by atoms with Crippen LogP contribution in [-0.4, -0.2) is 105 Å². The Hall–Kier alpha value is -4.29. The van der Waals surface area contributed by atoms with E-state index in [0.29, 0.717) is 12.6 Å². The summed E-state index contributed by atoms with van der Waals surface area (Å²) in [4.78, 5) is 54.5. The highest BCUT2D eigenvalue weighted by Crippen LogP contribution is 2.26. The number of hydrogen-bond acceptors (Lipinski definition) is 8. The van der Waals surface area contributed by atoms with Crippen molar-refractivity contribution in [3.63, 3.8) is 0 Å². The first-order valence-corrected chi connectivity index (χ1v) is 13.3. The van der Waals surface area contributed by atoms with Gasteiger partial charge in [0.15, 0.2) is 0 Å². The summed E-state index contributed by atoms with van der Waals surface area (Å²) < 4.78 is 5.78. The van der Waals surface area contributed by atoms with Crippen molar-refractivity contribution in [3.05, 3.63) is 71.8 Å². The highest BCUT2D eigenvalue weighted by Gasteiger charge is 2.28. The number of ether oxygens (including phenoxy) is 1. The zero-order valence-electron chi connectivity index (χ0n) is 22.6. The summed E-state index contributed by atoms with van der Waals surface area (Å²) in [6.45, 7) is 5.87. The topological polar surface area (TPSA) is 182 Å². The van der Waals surface area contributed by atoms with Crippen LogP contribution in [0.4, 0.5) is 0 Å². The molecule has 12 heteroatoms. The Balaban J connectivity index is 0.000000413. The van der Waals surface area contributed by atoms with Gasteiger partial charge in [0.1, 0.15) is 12.5 Å². The highest BCUT2D eigenvalue weighted by molar-refractivity contribution is 6.27. The molecule has 2 aliphatic heterocycles. The lowest BCUT2D eigenvalue weighted by Crippen LogP contribution is -2.53. The second-order valence-corrected chi connectivity index (χ2v) is 9.48. The van der Waals surface area contributed by atoms with Crippen LogP contribution in [0.15, 0.2) is 60.7 Å². The minimum absolute atomic E-state index is 0.157. The van der Waals surface area contributed by atoms with Gasteiger partial charge in [0.2, 0.25) is 0 Å². The Kier molecular flexibility index (Phi) is 14.0. The van der Waals surface area contributed by atoms with Crippen LogP contribution in [0.5, 0.6) is 0 Å². The summed E-state index contributed by atoms with van der Waals surface area (Å²) in [5.74, 6) is -7.82. The van der Waals surface area contributed by atoms with E-state index in [1.54, 1.807) is 0 Å². The van der Waals surface area contributed by atoms with Gasteiger partial charge in [-0.3, -0.25) is 14.6 Å². The molecule has 0 saturated carbocycles. The van der Waals surface area contributed by atoms with Crippen molar-refractivity contribution in [1.82, 2.24) is 9.80 Å². The fourth-order valence-electron chi connectivity index (χ4n) is 4.71. The van der Waals surface area contributed by atoms with E-state index in [4.69, 9.17) is 44.3 Å². The van der Waals surface area contributed by atoms with E-state index in [-0.39, 0.29) is 11.9 Å². The minimum Gasteiger partial charge on any atom is -0.473 e. The number of carboxylic acid groups (broad SMARTS) is 4. The molecule has 2 aromatic carbocycles. The normalized spacial score (nSPS) is 16.9. The molecule has 2 heterocycles. The molecule has 12 nitrogen and oxygen atoms in total. The largest absolute Gasteiger partial charge is 0.473 e. The number of carbonyl (C=O) groups is 5. The van der Waals surface area contributed by atoms with Crippen molar-refractivity contribution >= 4 is 29.8 Å². The molecule has 4 N–H and O–H groups in total. The quantitative estimate of drug-likeness (QED) is 0.293. The Morgan fingerprint density at radius 2 is 1.22 bits per heavy atom. The number of benzene rings is 2. The highest BCUT2D eigenvalue weighted by atomic mass is 16.5. The lowest BCUT2D eigenvalue weighted by atomic mass is 9.91. The van der Waals surface area contributed by atoms with Crippen LogP contribution in [0.2, 0.25) is 0 Å². The molecule has 2 saturated heterocycles. The first kappa shape index (κ1) is 32.9. The average Bonchev–Trinajstić information content (AvgIpc) is 3.20. The number of fused-ring (bicyclic) bond motifs is 1. The SMILES string of the molecule is O=C(O)C(=O)O.O=C(O)C(=O)O.O=C(OCCN1CCN2CCCCCC2C1)C(c1ccccc1)c1ccccc1. The molecule has 2 fully saturated rings. The maximum Gasteiger partial charge on any atom is 0.414 e. The summed E-state index contributed by atoms with van der Waals surface area (Å²) in [6, 6.07) is 20.6. The Labute approximate surface area is 237 Å². The van der Waals surface area contributed by atoms with Crippen LogP contribution in [0.25, 0.3) is 0 Å². The molecule has 0 aromatic heterocycles. The summed E-state index contributed by atoms with van der Waals surface area (Å²) >= 11 is 0. The zero-order chi connectivity index (χ0) is 30.2. The molecule has 0 amide bonds. The molecule has 0 radical (unpaired) electrons. The van der Waals surface area contributed by atoms with Crippen molar-refractivity contribution in [1.29, 1.82) is 0 Å². The molecule has 1 atom stereocenters. The number of rotatable bonds is 6. The Bertz CT molecular complexity index is 1060. The first-order valence-electron chi connectivity index (χ1n) is 13.3. The standard InChI is InChI=1S/C25H32N2O2.2C2H2O4/c28-25(24(21-10-4-1-5-11-21)22-12-6-2-7-13-22)29-19-18-26-16-17-27-15-9-3-8-14-23(27)20-26;2*3-1(4)2(5)6/h1-2,4-7,10-13,23-24H,3,8-9,14-20H2;2*(H,3,4)(H,5,6). The lowest BCUT2D eigenvalue weighted by Gasteiger charge is -2.40. The van der Waals surface area contributed by atoms with Crippen molar-refractivity contribution in [3.8, 4) is 0 Å². The van der Waals surface area contributed by atoms with Gasteiger partial charge in [-0.05, 0) is 30.5 Å². The van der Waals surface area contributed by atoms with Gasteiger partial charge in [-0.25, -0.2) is 19.2 Å². The number of carbonyl (C=O) groups excluding carboxylic acids is 1. The maximum absolute atomic E-state index is 13.0. The van der Waals surface area contributed by atoms with E-state index in [1.807, 2.05) is 60.7 Å². The van der Waals surface area contributed by atoms with E-state index in [2.05, 4.69) is 9.80 Å². The molecule has 4 rings (SSSR count). The summed E-state index contributed by atoms with van der Waals surface area (Å²) in [5, 5.41) is 29.6. The van der Waals surface area contributed by atoms with Gasteiger partial charge < -0.3 is 25.2 Å². The van der Waals surface area contributed by atoms with Gasteiger partial charge in [-0.2, -0.15) is 0 Å². The maximum atomic E-state index is 13.0. The molecule has 0 aliphatic carbocycles. The van der Waals surface area contributed by atoms with Gasteiger partial charge in [0, 0.05) is 32.2 Å². The van der Waals surface area contributed by atoms with Crippen molar-refractivity contribution < 1.29 is 49.1 Å². The fraction of sp³-hybridized carbons (Fsp3) is 0.414. The third-order valence-electron chi connectivity index (χ3n) is 6.69. The van der Waals surface area contributed by atoms with Crippen LogP contribution in [0.1, 0.15) is 42.7 Å². The van der Waals surface area contributed by atoms with Crippen LogP contribution < -0.4 is 0 Å². The van der Waals surface area contributed by atoms with Crippen LogP contribution in [0, 0.1) is 0 Å². The molecule has 41 heavy (non-hydrogen) atoms. The number of esters is 1. The number of nitrogens with zero attached hydrogens (tertiary/aromatic N) is 2. The number of aliphatic carboxylic acids is 4. The number of hydrogen-bond donors (Lipinski definition) is 4. The second-order valence-electron chi connectivity index (χ2n) is 9.48. The van der Waals surface area contributed by atoms with E-state index < -0.39 is 23.9 Å². The second kappa shape index (κ2) is 17.4. The van der Waals surface area contributed by atoms with Gasteiger partial charge in [0.05, 0.1) is 0 Å². The van der Waals surface area contributed by atoms with Gasteiger partial charge in [0.25, 0.3) is 0 Å². The monoisotopic (exact) mass is 572 g/mol. The minimum atomic E-state index is -1.82. The zero-order valence-corrected chi connectivity index (χ0v) is 22.6. The van der Waals surface area contributed by atoms with Gasteiger partial charge >= 0.3 is 29.8 Å². The fourth-order valence-corrected chi connectivity index (χ4v) is 4.71. The van der Waals surface area contributed by atoms with E-state index in [9.17, 15) is 4.79 Å². The lowest BCUT2D eigenvalue weighted by molar-refractivity contribution is -0.159. The summed E-state index contributed by atoms with van der Waals surface area (Å²) in [5.41, 5.74) is 1.96. The first-order chi connectivity index (χ1) is 19.6. The Morgan fingerprint density at radius 3 is 1.71 bits per heavy atom. The molecule has 222 valence electrons. The van der Waals surface area contributed by atoms with E-state index in [1.165, 1.54) is 32.2 Å². The smallest absolute Gasteiger partial charge is 0.414 e. The molecule has 1 unspecified atom stereocenters. The van der Waals surface area contributed by atoms with Crippen LogP contribution in [-0.2, 0) is 28.7 Å². The average molecular weight is 573 g/mol. The van der Waals surface area contributed by atoms with Gasteiger partial charge in [-0.1, -0.05) is 73.5 Å². The summed E-state index contributed by atoms with van der Waals surface area (Å²) in [6.07, 6.45) is 5.36. The van der Waals surface area contributed by atoms with Crippen molar-refractivity contribution in [2.75, 3.05) is 39.3 Å². The van der Waals surface area contributed by atoms with Crippen LogP contribution >= 0.6 is 0 Å². The number of piperazine rings is 1. The van der Waals surface area contributed by atoms with Gasteiger partial charge in [-0.15, -0.1) is 0 Å². The van der Waals surface area contributed by atoms with E-state index in [0.717, 1.165) is 37.3 Å². The predicted molar refractivity (Wildman–Crippen MR) is 146 cm³/mol. The molecular weight excluding hydrogens is 536 g/mol. The summed E-state index contributed by atoms with van der Waals surface area (Å²) in [7, 11) is 0. The van der Waals surface area contributed by atoms with Crippen LogP contribution in [0.3, 0.4) is 0 Å². The molecule has 2 aliphatic rings. The molecule has 0 bridgehead atoms. The Morgan fingerprint density at radius 1 is 0.707 bits per heavy atom. The molecule has 0 spiro atoms. The molecule has 2 aromatic rings. The van der Waals surface area contributed by atoms with E-state index >= 15 is 0 Å². The third kappa shape index (κ3) is 11.8. The number of carboxylic acids is 4.